The highest BCUT2D eigenvalue weighted by Crippen LogP contribution is 2.68. The summed E-state index contributed by atoms with van der Waals surface area (Å²) in [5.74, 6) is -1.63. The summed E-state index contributed by atoms with van der Waals surface area (Å²) in [7, 11) is 0. The molecule has 3 heterocycles. The second kappa shape index (κ2) is 10.2. The zero-order valence-corrected chi connectivity index (χ0v) is 22.3. The fourth-order valence-electron chi connectivity index (χ4n) is 5.89. The lowest BCUT2D eigenvalue weighted by Gasteiger charge is -2.38. The number of hydrogen-bond acceptors (Lipinski definition) is 5. The molecule has 0 aliphatic carbocycles. The van der Waals surface area contributed by atoms with Crippen molar-refractivity contribution in [1.29, 1.82) is 0 Å². The number of nitrogens with one attached hydrogen (secondary N) is 2. The Bertz CT molecular complexity index is 932. The van der Waals surface area contributed by atoms with Gasteiger partial charge in [0.15, 0.2) is 0 Å². The molecule has 3 unspecified atom stereocenters. The van der Waals surface area contributed by atoms with Crippen LogP contribution in [0.25, 0.3) is 0 Å². The van der Waals surface area contributed by atoms with Gasteiger partial charge in [-0.05, 0) is 24.3 Å². The van der Waals surface area contributed by atoms with Crippen LogP contribution in [0.1, 0.15) is 39.2 Å². The molecule has 2 bridgehead atoms. The first-order chi connectivity index (χ1) is 16.3. The summed E-state index contributed by atoms with van der Waals surface area (Å²) in [5.41, 5.74) is 0.974. The molecule has 0 aromatic heterocycles. The van der Waals surface area contributed by atoms with Crippen LogP contribution >= 0.6 is 27.7 Å². The smallest absolute Gasteiger partial charge is 0.244 e. The monoisotopic (exact) mass is 551 g/mol. The Labute approximate surface area is 213 Å². The number of amides is 3. The molecule has 7 nitrogen and oxygen atoms in total. The van der Waals surface area contributed by atoms with E-state index in [0.717, 1.165) is 12.0 Å². The van der Waals surface area contributed by atoms with Crippen molar-refractivity contribution >= 4 is 45.4 Å². The summed E-state index contributed by atoms with van der Waals surface area (Å²) < 4.78 is -0.701. The molecule has 1 aromatic rings. The predicted octanol–water partition coefficient (Wildman–Crippen LogP) is 2.31. The van der Waals surface area contributed by atoms with Crippen LogP contribution in [0.3, 0.4) is 0 Å². The predicted molar refractivity (Wildman–Crippen MR) is 136 cm³/mol. The topological polar surface area (TPSA) is 98.7 Å². The summed E-state index contributed by atoms with van der Waals surface area (Å²) in [5, 5.41) is 16.2. The van der Waals surface area contributed by atoms with Gasteiger partial charge in [-0.15, -0.1) is 11.8 Å². The maximum atomic E-state index is 14.0. The SMILES string of the molecule is CCCNC(=O)[C@H]1[C@H]2C(=O)N([C@@H](CO)C(C)C)C(C(=O)NCc3ccccc3)C23CC(Br)[C@@H]1S3. The van der Waals surface area contributed by atoms with Gasteiger partial charge < -0.3 is 20.6 Å². The molecule has 3 saturated heterocycles. The van der Waals surface area contributed by atoms with Crippen molar-refractivity contribution in [3.63, 3.8) is 0 Å². The van der Waals surface area contributed by atoms with E-state index in [1.165, 1.54) is 0 Å². The van der Waals surface area contributed by atoms with Crippen LogP contribution in [0, 0.1) is 17.8 Å². The van der Waals surface area contributed by atoms with Crippen molar-refractivity contribution in [3.8, 4) is 0 Å². The van der Waals surface area contributed by atoms with Crippen molar-refractivity contribution in [2.24, 2.45) is 17.8 Å². The number of likely N-dealkylation sites (tertiary alicyclic amines) is 1. The number of nitrogens with zero attached hydrogens (tertiary/aromatic N) is 1. The quantitative estimate of drug-likeness (QED) is 0.409. The molecule has 1 spiro atoms. The zero-order chi connectivity index (χ0) is 24.6. The Hall–Kier alpha value is -1.58. The number of thioether (sulfide) groups is 1. The van der Waals surface area contributed by atoms with Crippen LogP contribution in [-0.2, 0) is 20.9 Å². The van der Waals surface area contributed by atoms with Crippen LogP contribution < -0.4 is 10.6 Å². The summed E-state index contributed by atoms with van der Waals surface area (Å²) in [6.45, 7) is 6.58. The molecule has 4 rings (SSSR count). The number of aliphatic hydroxyl groups excluding tert-OH is 1. The molecule has 3 fully saturated rings. The van der Waals surface area contributed by atoms with Crippen molar-refractivity contribution in [3.05, 3.63) is 35.9 Å². The minimum Gasteiger partial charge on any atom is -0.394 e. The molecular weight excluding hydrogens is 518 g/mol. The van der Waals surface area contributed by atoms with Gasteiger partial charge in [-0.1, -0.05) is 67.0 Å². The highest BCUT2D eigenvalue weighted by atomic mass is 79.9. The van der Waals surface area contributed by atoms with Crippen LogP contribution in [0.4, 0.5) is 0 Å². The highest BCUT2D eigenvalue weighted by Gasteiger charge is 2.76. The average molecular weight is 553 g/mol. The van der Waals surface area contributed by atoms with E-state index >= 15 is 0 Å². The maximum absolute atomic E-state index is 14.0. The Morgan fingerprint density at radius 1 is 1.24 bits per heavy atom. The van der Waals surface area contributed by atoms with E-state index in [-0.39, 0.29) is 40.3 Å². The Morgan fingerprint density at radius 3 is 2.56 bits per heavy atom. The second-order valence-electron chi connectivity index (χ2n) is 9.90. The van der Waals surface area contributed by atoms with Crippen molar-refractivity contribution in [2.45, 2.75) is 67.1 Å². The summed E-state index contributed by atoms with van der Waals surface area (Å²) >= 11 is 5.39. The number of hydrogen-bond donors (Lipinski definition) is 3. The molecule has 7 atom stereocenters. The van der Waals surface area contributed by atoms with E-state index in [1.54, 1.807) is 16.7 Å². The molecule has 186 valence electrons. The van der Waals surface area contributed by atoms with Gasteiger partial charge in [0, 0.05) is 23.2 Å². The van der Waals surface area contributed by atoms with Crippen LogP contribution in [0.15, 0.2) is 30.3 Å². The number of aliphatic hydroxyl groups is 1. The number of alkyl halides is 1. The molecule has 3 N–H and O–H groups in total. The lowest BCUT2D eigenvalue weighted by atomic mass is 9.70. The van der Waals surface area contributed by atoms with Gasteiger partial charge in [-0.2, -0.15) is 0 Å². The first-order valence-corrected chi connectivity index (χ1v) is 13.9. The highest BCUT2D eigenvalue weighted by molar-refractivity contribution is 9.09. The maximum Gasteiger partial charge on any atom is 0.244 e. The molecule has 1 aromatic carbocycles. The molecular formula is C25H34BrN3O4S. The Kier molecular flexibility index (Phi) is 7.64. The van der Waals surface area contributed by atoms with E-state index in [2.05, 4.69) is 26.6 Å². The van der Waals surface area contributed by atoms with Gasteiger partial charge in [0.2, 0.25) is 17.7 Å². The van der Waals surface area contributed by atoms with Crippen LogP contribution in [0.5, 0.6) is 0 Å². The number of carbonyl (C=O) groups is 3. The third kappa shape index (κ3) is 4.17. The van der Waals surface area contributed by atoms with E-state index in [0.29, 0.717) is 19.5 Å². The third-order valence-corrected chi connectivity index (χ3v) is 10.7. The van der Waals surface area contributed by atoms with E-state index in [4.69, 9.17) is 0 Å². The Morgan fingerprint density at radius 2 is 1.94 bits per heavy atom. The molecule has 9 heteroatoms. The van der Waals surface area contributed by atoms with Crippen molar-refractivity contribution in [1.82, 2.24) is 15.5 Å². The largest absolute Gasteiger partial charge is 0.394 e. The number of carbonyl (C=O) groups excluding carboxylic acids is 3. The van der Waals surface area contributed by atoms with Gasteiger partial charge in [0.1, 0.15) is 6.04 Å². The van der Waals surface area contributed by atoms with Crippen molar-refractivity contribution < 1.29 is 19.5 Å². The van der Waals surface area contributed by atoms with Crippen LogP contribution in [-0.4, -0.2) is 67.8 Å². The van der Waals surface area contributed by atoms with Crippen LogP contribution in [0.2, 0.25) is 0 Å². The first kappa shape index (κ1) is 25.5. The van der Waals surface area contributed by atoms with Gasteiger partial charge in [0.25, 0.3) is 0 Å². The molecule has 0 radical (unpaired) electrons. The van der Waals surface area contributed by atoms with Gasteiger partial charge >= 0.3 is 0 Å². The van der Waals surface area contributed by atoms with E-state index in [9.17, 15) is 19.5 Å². The van der Waals surface area contributed by atoms with Gasteiger partial charge in [-0.3, -0.25) is 14.4 Å². The van der Waals surface area contributed by atoms with Gasteiger partial charge in [-0.25, -0.2) is 0 Å². The number of rotatable bonds is 9. The zero-order valence-electron chi connectivity index (χ0n) is 19.9. The van der Waals surface area contributed by atoms with Crippen molar-refractivity contribution in [2.75, 3.05) is 13.2 Å². The molecule has 3 aliphatic heterocycles. The van der Waals surface area contributed by atoms with Gasteiger partial charge in [0.05, 0.1) is 29.2 Å². The fraction of sp³-hybridized carbons (Fsp3) is 0.640. The lowest BCUT2D eigenvalue weighted by molar-refractivity contribution is -0.143. The Balaban J connectivity index is 1.70. The normalized spacial score (nSPS) is 32.7. The molecule has 3 amide bonds. The lowest BCUT2D eigenvalue weighted by Crippen LogP contribution is -2.57. The fourth-order valence-corrected chi connectivity index (χ4v) is 9.49. The standard InChI is InChI=1S/C25H34BrN3O4S/c1-4-10-27-22(31)18-19-24(33)29(17(13-30)14(2)3)21(25(19)11-16(26)20(18)34-25)23(32)28-12-15-8-6-5-7-9-15/h5-9,14,16-21,30H,4,10-13H2,1-3H3,(H,27,31)(H,28,32)/t16?,17-,18-,19-,20-,21?,25?/m0/s1. The number of fused-ring (bicyclic) bond motifs is 1. The third-order valence-electron chi connectivity index (χ3n) is 7.45. The number of halogens is 1. The van der Waals surface area contributed by atoms with E-state index in [1.807, 2.05) is 51.1 Å². The molecule has 3 aliphatic rings. The van der Waals surface area contributed by atoms with E-state index < -0.39 is 28.7 Å². The summed E-state index contributed by atoms with van der Waals surface area (Å²) in [4.78, 5) is 42.6. The summed E-state index contributed by atoms with van der Waals surface area (Å²) in [6.07, 6.45) is 1.45. The number of benzene rings is 1. The first-order valence-electron chi connectivity index (χ1n) is 12.1. The minimum absolute atomic E-state index is 0.0370. The minimum atomic E-state index is -0.743. The molecule has 34 heavy (non-hydrogen) atoms. The average Bonchev–Trinajstić information content (AvgIpc) is 3.41. The molecule has 0 saturated carbocycles. The second-order valence-corrected chi connectivity index (χ2v) is 12.6. The summed E-state index contributed by atoms with van der Waals surface area (Å²) in [6, 6.07) is 8.43.